The quantitative estimate of drug-likeness (QED) is 0.817. The number of pyridine rings is 1. The lowest BCUT2D eigenvalue weighted by Crippen LogP contribution is -2.16. The molecular formula is C11H10N2O4. The Hall–Kier alpha value is -2.37. The number of nitrogens with one attached hydrogen (secondary N) is 1. The van der Waals surface area contributed by atoms with Crippen molar-refractivity contribution in [3.8, 4) is 11.1 Å². The molecule has 6 heteroatoms. The van der Waals surface area contributed by atoms with E-state index in [9.17, 15) is 9.59 Å². The molecule has 0 fully saturated rings. The molecule has 0 spiro atoms. The lowest BCUT2D eigenvalue weighted by Gasteiger charge is -2.01. The van der Waals surface area contributed by atoms with Crippen LogP contribution in [0.4, 0.5) is 0 Å². The van der Waals surface area contributed by atoms with Crippen LogP contribution in [0.1, 0.15) is 21.8 Å². The monoisotopic (exact) mass is 234 g/mol. The topological polar surface area (TPSA) is 96.2 Å². The van der Waals surface area contributed by atoms with Gasteiger partial charge in [0.1, 0.15) is 11.3 Å². The Bertz CT molecular complexity index is 620. The molecule has 6 nitrogen and oxygen atoms in total. The van der Waals surface area contributed by atoms with Gasteiger partial charge in [-0.25, -0.2) is 4.79 Å². The Labute approximate surface area is 95.9 Å². The van der Waals surface area contributed by atoms with Gasteiger partial charge in [-0.15, -0.1) is 0 Å². The van der Waals surface area contributed by atoms with Crippen molar-refractivity contribution in [3.05, 3.63) is 39.6 Å². The summed E-state index contributed by atoms with van der Waals surface area (Å²) in [6.45, 7) is 3.47. The summed E-state index contributed by atoms with van der Waals surface area (Å²) < 4.78 is 4.99. The normalized spacial score (nSPS) is 10.5. The SMILES string of the molecule is Cc1noc(C)c1-c1c[nH]c(=O)c(C(=O)O)c1. The molecule has 2 aromatic rings. The molecule has 2 N–H and O–H groups in total. The fourth-order valence-corrected chi connectivity index (χ4v) is 1.68. The van der Waals surface area contributed by atoms with Crippen molar-refractivity contribution < 1.29 is 14.4 Å². The van der Waals surface area contributed by atoms with Crippen LogP contribution in [0.3, 0.4) is 0 Å². The molecular weight excluding hydrogens is 224 g/mol. The smallest absolute Gasteiger partial charge is 0.341 e. The lowest BCUT2D eigenvalue weighted by atomic mass is 10.0. The van der Waals surface area contributed by atoms with Gasteiger partial charge in [-0.2, -0.15) is 0 Å². The molecule has 0 aliphatic rings. The zero-order chi connectivity index (χ0) is 12.6. The van der Waals surface area contributed by atoms with Crippen LogP contribution in [0.2, 0.25) is 0 Å². The maximum Gasteiger partial charge on any atom is 0.341 e. The van der Waals surface area contributed by atoms with Crippen molar-refractivity contribution in [1.82, 2.24) is 10.1 Å². The maximum absolute atomic E-state index is 11.3. The zero-order valence-electron chi connectivity index (χ0n) is 9.27. The Kier molecular flexibility index (Phi) is 2.55. The molecule has 0 aromatic carbocycles. The van der Waals surface area contributed by atoms with Gasteiger partial charge in [0.05, 0.1) is 5.69 Å². The molecule has 0 aliphatic heterocycles. The fourth-order valence-electron chi connectivity index (χ4n) is 1.68. The van der Waals surface area contributed by atoms with E-state index in [1.54, 1.807) is 13.8 Å². The largest absolute Gasteiger partial charge is 0.477 e. The second kappa shape index (κ2) is 3.89. The lowest BCUT2D eigenvalue weighted by molar-refractivity contribution is 0.0695. The molecule has 0 amide bonds. The number of aromatic amines is 1. The highest BCUT2D eigenvalue weighted by atomic mass is 16.5. The summed E-state index contributed by atoms with van der Waals surface area (Å²) in [4.78, 5) is 24.5. The highest BCUT2D eigenvalue weighted by molar-refractivity contribution is 5.89. The average Bonchev–Trinajstić information content (AvgIpc) is 2.59. The number of hydrogen-bond acceptors (Lipinski definition) is 4. The van der Waals surface area contributed by atoms with E-state index in [1.165, 1.54) is 12.3 Å². The fraction of sp³-hybridized carbons (Fsp3) is 0.182. The van der Waals surface area contributed by atoms with Gasteiger partial charge in [-0.05, 0) is 19.9 Å². The number of carboxylic acid groups (broad SMARTS) is 1. The Morgan fingerprint density at radius 1 is 1.47 bits per heavy atom. The highest BCUT2D eigenvalue weighted by Crippen LogP contribution is 2.25. The van der Waals surface area contributed by atoms with E-state index in [1.807, 2.05) is 0 Å². The first kappa shape index (κ1) is 11.1. The van der Waals surface area contributed by atoms with E-state index >= 15 is 0 Å². The van der Waals surface area contributed by atoms with Crippen molar-refractivity contribution in [2.75, 3.05) is 0 Å². The summed E-state index contributed by atoms with van der Waals surface area (Å²) in [6.07, 6.45) is 1.45. The first-order valence-electron chi connectivity index (χ1n) is 4.90. The average molecular weight is 234 g/mol. The zero-order valence-corrected chi connectivity index (χ0v) is 9.27. The van der Waals surface area contributed by atoms with Gasteiger partial charge < -0.3 is 14.6 Å². The van der Waals surface area contributed by atoms with Crippen LogP contribution in [-0.2, 0) is 0 Å². The summed E-state index contributed by atoms with van der Waals surface area (Å²) in [5.74, 6) is -0.689. The number of rotatable bonds is 2. The third-order valence-corrected chi connectivity index (χ3v) is 2.46. The first-order valence-corrected chi connectivity index (χ1v) is 4.90. The number of hydrogen-bond donors (Lipinski definition) is 2. The predicted molar refractivity (Wildman–Crippen MR) is 59.0 cm³/mol. The summed E-state index contributed by atoms with van der Waals surface area (Å²) >= 11 is 0. The van der Waals surface area contributed by atoms with Gasteiger partial charge in [0.2, 0.25) is 0 Å². The van der Waals surface area contributed by atoms with Crippen LogP contribution in [0.5, 0.6) is 0 Å². The number of H-pyrrole nitrogens is 1. The minimum absolute atomic E-state index is 0.303. The van der Waals surface area contributed by atoms with E-state index in [4.69, 9.17) is 9.63 Å². The molecule has 2 aromatic heterocycles. The van der Waals surface area contributed by atoms with E-state index in [-0.39, 0.29) is 5.56 Å². The van der Waals surface area contributed by atoms with Gasteiger partial charge >= 0.3 is 5.97 Å². The van der Waals surface area contributed by atoms with Crippen molar-refractivity contribution >= 4 is 5.97 Å². The summed E-state index contributed by atoms with van der Waals surface area (Å²) in [5.41, 5.74) is 0.975. The van der Waals surface area contributed by atoms with Crippen LogP contribution in [0.25, 0.3) is 11.1 Å². The number of carboxylic acids is 1. The molecule has 0 saturated heterocycles. The second-order valence-corrected chi connectivity index (χ2v) is 3.64. The molecule has 0 unspecified atom stereocenters. The van der Waals surface area contributed by atoms with Gasteiger partial charge in [0.15, 0.2) is 0 Å². The van der Waals surface area contributed by atoms with Crippen molar-refractivity contribution in [3.63, 3.8) is 0 Å². The van der Waals surface area contributed by atoms with Gasteiger partial charge in [0.25, 0.3) is 5.56 Å². The Morgan fingerprint density at radius 2 is 2.18 bits per heavy atom. The van der Waals surface area contributed by atoms with Gasteiger partial charge in [-0.1, -0.05) is 5.16 Å². The number of carbonyl (C=O) groups is 1. The summed E-state index contributed by atoms with van der Waals surface area (Å²) in [5, 5.41) is 12.6. The molecule has 88 valence electrons. The molecule has 0 saturated carbocycles. The van der Waals surface area contributed by atoms with Crippen LogP contribution in [0, 0.1) is 13.8 Å². The summed E-state index contributed by atoms with van der Waals surface area (Å²) in [6, 6.07) is 1.31. The standard InChI is InChI=1S/C11H10N2O4/c1-5-9(6(2)17-13-5)7-3-8(11(15)16)10(14)12-4-7/h3-4H,1-2H3,(H,12,14)(H,15,16). The van der Waals surface area contributed by atoms with Crippen LogP contribution >= 0.6 is 0 Å². The van der Waals surface area contributed by atoms with Gasteiger partial charge in [0, 0.05) is 17.3 Å². The Morgan fingerprint density at radius 3 is 2.71 bits per heavy atom. The molecule has 0 bridgehead atoms. The summed E-state index contributed by atoms with van der Waals surface area (Å²) in [7, 11) is 0. The minimum Gasteiger partial charge on any atom is -0.477 e. The third-order valence-electron chi connectivity index (χ3n) is 2.46. The van der Waals surface area contributed by atoms with E-state index in [0.29, 0.717) is 22.6 Å². The maximum atomic E-state index is 11.3. The first-order chi connectivity index (χ1) is 8.00. The van der Waals surface area contributed by atoms with E-state index < -0.39 is 11.5 Å². The molecule has 2 rings (SSSR count). The van der Waals surface area contributed by atoms with E-state index in [0.717, 1.165) is 0 Å². The van der Waals surface area contributed by atoms with E-state index in [2.05, 4.69) is 10.1 Å². The Balaban J connectivity index is 2.66. The molecule has 17 heavy (non-hydrogen) atoms. The van der Waals surface area contributed by atoms with Crippen molar-refractivity contribution in [2.24, 2.45) is 0 Å². The number of aromatic nitrogens is 2. The number of aromatic carboxylic acids is 1. The van der Waals surface area contributed by atoms with Crippen molar-refractivity contribution in [1.29, 1.82) is 0 Å². The minimum atomic E-state index is -1.26. The van der Waals surface area contributed by atoms with Crippen LogP contribution in [-0.4, -0.2) is 21.2 Å². The predicted octanol–water partition coefficient (Wildman–Crippen LogP) is 1.34. The molecule has 0 aliphatic carbocycles. The van der Waals surface area contributed by atoms with Crippen LogP contribution < -0.4 is 5.56 Å². The second-order valence-electron chi connectivity index (χ2n) is 3.64. The molecule has 0 radical (unpaired) electrons. The van der Waals surface area contributed by atoms with Gasteiger partial charge in [-0.3, -0.25) is 4.79 Å². The molecule has 0 atom stereocenters. The van der Waals surface area contributed by atoms with Crippen LogP contribution in [0.15, 0.2) is 21.6 Å². The molecule has 2 heterocycles. The number of aryl methyl sites for hydroxylation is 2. The highest BCUT2D eigenvalue weighted by Gasteiger charge is 2.15. The van der Waals surface area contributed by atoms with Crippen molar-refractivity contribution in [2.45, 2.75) is 13.8 Å². The number of nitrogens with zero attached hydrogens (tertiary/aromatic N) is 1. The third kappa shape index (κ3) is 1.84.